The molecule has 10 heteroatoms. The fourth-order valence-corrected chi connectivity index (χ4v) is 11.6. The molecule has 1 fully saturated rings. The smallest absolute Gasteiger partial charge is 0.330 e. The number of nitrogens with one attached hydrogen (secondary N) is 1. The molecule has 220 valence electrons. The van der Waals surface area contributed by atoms with Crippen molar-refractivity contribution in [2.75, 3.05) is 0 Å². The molecule has 1 aliphatic rings. The number of hydrogen-bond donors (Lipinski definition) is 1. The first-order valence-electron chi connectivity index (χ1n) is 14.1. The van der Waals surface area contributed by atoms with Gasteiger partial charge in [-0.15, -0.1) is 0 Å². The van der Waals surface area contributed by atoms with Crippen LogP contribution in [0.3, 0.4) is 0 Å². The van der Waals surface area contributed by atoms with E-state index >= 15 is 0 Å². The zero-order chi connectivity index (χ0) is 30.0. The molecule has 4 rings (SSSR count). The van der Waals surface area contributed by atoms with Crippen molar-refractivity contribution in [2.45, 2.75) is 89.8 Å². The minimum atomic E-state index is -3.01. The summed E-state index contributed by atoms with van der Waals surface area (Å²) in [5, 5.41) is 1.95. The number of aromatic nitrogens is 2. The highest BCUT2D eigenvalue weighted by molar-refractivity contribution is 6.99. The van der Waals surface area contributed by atoms with Crippen molar-refractivity contribution in [3.63, 3.8) is 0 Å². The van der Waals surface area contributed by atoms with Crippen molar-refractivity contribution < 1.29 is 18.4 Å². The van der Waals surface area contributed by atoms with Crippen molar-refractivity contribution >= 4 is 33.3 Å². The van der Waals surface area contributed by atoms with Gasteiger partial charge in [-0.2, -0.15) is 0 Å². The minimum absolute atomic E-state index is 0.141. The predicted octanol–water partition coefficient (Wildman–Crippen LogP) is 3.89. The van der Waals surface area contributed by atoms with E-state index in [1.54, 1.807) is 6.92 Å². The second-order valence-electron chi connectivity index (χ2n) is 12.8. The molecule has 1 saturated heterocycles. The summed E-state index contributed by atoms with van der Waals surface area (Å²) in [6.07, 6.45) is 0.522. The molecule has 0 bridgehead atoms. The van der Waals surface area contributed by atoms with Gasteiger partial charge in [0.05, 0.1) is 12.2 Å². The normalized spacial score (nSPS) is 20.6. The molecule has 0 amide bonds. The number of aldehydes is 1. The number of H-pyrrole nitrogens is 1. The average Bonchev–Trinajstić information content (AvgIpc) is 3.32. The summed E-state index contributed by atoms with van der Waals surface area (Å²) in [7, 11) is -5.11. The van der Waals surface area contributed by atoms with Crippen LogP contribution in [0.1, 0.15) is 45.4 Å². The molecule has 1 aromatic heterocycles. The highest BCUT2D eigenvalue weighted by Crippen LogP contribution is 2.42. The SMILES string of the molecule is Cc1cn([C@H]2C[C@H](O[Si](c3ccccc3)(c3ccccc3)C(C)(C)C)[C@@H]([C@H](CC=O)O[Si](C)(C)C)O2)c(=O)[nH]c1=O. The molecule has 0 radical (unpaired) electrons. The molecule has 1 aliphatic heterocycles. The van der Waals surface area contributed by atoms with E-state index in [1.807, 2.05) is 36.4 Å². The molecular weight excluding hydrogens is 553 g/mol. The summed E-state index contributed by atoms with van der Waals surface area (Å²) in [6.45, 7) is 14.5. The third-order valence-electron chi connectivity index (χ3n) is 7.52. The number of rotatable bonds is 10. The topological polar surface area (TPSA) is 99.6 Å². The molecule has 3 aromatic rings. The third-order valence-corrected chi connectivity index (χ3v) is 13.6. The lowest BCUT2D eigenvalue weighted by Crippen LogP contribution is -2.68. The van der Waals surface area contributed by atoms with Crippen molar-refractivity contribution in [1.82, 2.24) is 9.55 Å². The van der Waals surface area contributed by atoms with Gasteiger partial charge in [-0.1, -0.05) is 81.4 Å². The number of ether oxygens (including phenoxy) is 1. The van der Waals surface area contributed by atoms with Crippen molar-refractivity contribution in [3.8, 4) is 0 Å². The second-order valence-corrected chi connectivity index (χ2v) is 21.5. The van der Waals surface area contributed by atoms with Crippen molar-refractivity contribution in [1.29, 1.82) is 0 Å². The monoisotopic (exact) mass is 594 g/mol. The lowest BCUT2D eigenvalue weighted by molar-refractivity contribution is -0.114. The maximum Gasteiger partial charge on any atom is 0.330 e. The molecule has 0 unspecified atom stereocenters. The molecule has 2 aromatic carbocycles. The minimum Gasteiger partial charge on any atom is -0.412 e. The molecule has 0 spiro atoms. The van der Waals surface area contributed by atoms with E-state index in [0.717, 1.165) is 16.7 Å². The lowest BCUT2D eigenvalue weighted by atomic mass is 10.1. The van der Waals surface area contributed by atoms with Crippen LogP contribution in [0.2, 0.25) is 24.7 Å². The van der Waals surface area contributed by atoms with Crippen LogP contribution in [-0.2, 0) is 18.4 Å². The predicted molar refractivity (Wildman–Crippen MR) is 166 cm³/mol. The molecule has 2 heterocycles. The Morgan fingerprint density at radius 3 is 2.07 bits per heavy atom. The number of carbonyl (C=O) groups excluding carboxylic acids is 1. The number of aryl methyl sites for hydroxylation is 1. The van der Waals surface area contributed by atoms with Crippen LogP contribution in [0.25, 0.3) is 0 Å². The maximum absolute atomic E-state index is 12.9. The van der Waals surface area contributed by atoms with Gasteiger partial charge in [0.25, 0.3) is 13.9 Å². The van der Waals surface area contributed by atoms with E-state index in [-0.39, 0.29) is 11.5 Å². The Bertz CT molecular complexity index is 1400. The molecule has 41 heavy (non-hydrogen) atoms. The number of aromatic amines is 1. The van der Waals surface area contributed by atoms with Crippen LogP contribution in [0.15, 0.2) is 76.4 Å². The Balaban J connectivity index is 1.89. The molecule has 4 atom stereocenters. The zero-order valence-electron chi connectivity index (χ0n) is 25.0. The van der Waals surface area contributed by atoms with Gasteiger partial charge < -0.3 is 18.4 Å². The Kier molecular flexibility index (Phi) is 9.20. The number of benzene rings is 2. The fourth-order valence-electron chi connectivity index (χ4n) is 5.80. The third kappa shape index (κ3) is 6.62. The Labute approximate surface area is 243 Å². The first kappa shape index (κ1) is 31.0. The molecular formula is C31H42N2O6Si2. The van der Waals surface area contributed by atoms with E-state index in [4.69, 9.17) is 13.6 Å². The van der Waals surface area contributed by atoms with Crippen LogP contribution < -0.4 is 21.6 Å². The lowest BCUT2D eigenvalue weighted by Gasteiger charge is -2.46. The highest BCUT2D eigenvalue weighted by Gasteiger charge is 2.55. The fraction of sp³-hybridized carbons (Fsp3) is 0.452. The Morgan fingerprint density at radius 1 is 1.02 bits per heavy atom. The summed E-state index contributed by atoms with van der Waals surface area (Å²) in [6, 6.07) is 20.7. The van der Waals surface area contributed by atoms with Gasteiger partial charge in [0, 0.05) is 24.6 Å². The van der Waals surface area contributed by atoms with Gasteiger partial charge in [0.1, 0.15) is 18.6 Å². The largest absolute Gasteiger partial charge is 0.412 e. The molecule has 0 saturated carbocycles. The summed E-state index contributed by atoms with van der Waals surface area (Å²) in [4.78, 5) is 39.3. The van der Waals surface area contributed by atoms with Crippen molar-refractivity contribution in [3.05, 3.63) is 93.3 Å². The molecule has 1 N–H and O–H groups in total. The maximum atomic E-state index is 12.9. The van der Waals surface area contributed by atoms with Gasteiger partial charge in [-0.3, -0.25) is 14.3 Å². The Hall–Kier alpha value is -2.90. The first-order valence-corrected chi connectivity index (χ1v) is 19.5. The van der Waals surface area contributed by atoms with Crippen LogP contribution >= 0.6 is 0 Å². The van der Waals surface area contributed by atoms with Gasteiger partial charge in [0.15, 0.2) is 8.32 Å². The van der Waals surface area contributed by atoms with E-state index < -0.39 is 52.4 Å². The van der Waals surface area contributed by atoms with E-state index in [1.165, 1.54) is 10.8 Å². The van der Waals surface area contributed by atoms with Crippen LogP contribution in [0, 0.1) is 6.92 Å². The summed E-state index contributed by atoms with van der Waals surface area (Å²) >= 11 is 0. The van der Waals surface area contributed by atoms with E-state index in [2.05, 4.69) is 69.7 Å². The van der Waals surface area contributed by atoms with Gasteiger partial charge in [-0.05, 0) is 42.0 Å². The second kappa shape index (κ2) is 12.1. The average molecular weight is 595 g/mol. The molecule has 0 aliphatic carbocycles. The summed E-state index contributed by atoms with van der Waals surface area (Å²) in [5.74, 6) is 0. The van der Waals surface area contributed by atoms with Crippen LogP contribution in [0.4, 0.5) is 0 Å². The van der Waals surface area contributed by atoms with Gasteiger partial charge in [-0.25, -0.2) is 4.79 Å². The van der Waals surface area contributed by atoms with E-state index in [9.17, 15) is 14.4 Å². The molecule has 8 nitrogen and oxygen atoms in total. The zero-order valence-corrected chi connectivity index (χ0v) is 27.0. The van der Waals surface area contributed by atoms with Crippen LogP contribution in [0.5, 0.6) is 0 Å². The number of hydrogen-bond acceptors (Lipinski definition) is 6. The van der Waals surface area contributed by atoms with Crippen LogP contribution in [-0.4, -0.2) is 50.8 Å². The Morgan fingerprint density at radius 2 is 1.59 bits per heavy atom. The van der Waals surface area contributed by atoms with Gasteiger partial charge >= 0.3 is 5.69 Å². The highest BCUT2D eigenvalue weighted by atomic mass is 28.4. The summed E-state index contributed by atoms with van der Waals surface area (Å²) < 4.78 is 22.0. The quantitative estimate of drug-likeness (QED) is 0.283. The number of carbonyl (C=O) groups is 1. The first-order chi connectivity index (χ1) is 19.3. The van der Waals surface area contributed by atoms with Crippen molar-refractivity contribution in [2.24, 2.45) is 0 Å². The number of nitrogens with zero attached hydrogens (tertiary/aromatic N) is 1. The standard InChI is InChI=1S/C31H42N2O6Si2/c1-22-21-33(30(36)32-29(22)35)27-20-26(28(37-27)25(18-19-34)38-40(5,6)7)39-41(31(2,3)4,23-14-10-8-11-15-23)24-16-12-9-13-17-24/h8-17,19,21,25-28H,18,20H2,1-7H3,(H,32,35,36)/t25-,26-,27+,28+/m0/s1. The summed E-state index contributed by atoms with van der Waals surface area (Å²) in [5.41, 5.74) is -0.570. The van der Waals surface area contributed by atoms with E-state index in [0.29, 0.717) is 12.0 Å². The van der Waals surface area contributed by atoms with Gasteiger partial charge in [0.2, 0.25) is 0 Å².